The third-order valence-electron chi connectivity index (χ3n) is 2.99. The van der Waals surface area contributed by atoms with E-state index in [1.165, 1.54) is 12.1 Å². The lowest BCUT2D eigenvalue weighted by atomic mass is 9.97. The molecule has 0 unspecified atom stereocenters. The molecule has 2 nitrogen and oxygen atoms in total. The highest BCUT2D eigenvalue weighted by Crippen LogP contribution is 2.33. The molecule has 0 atom stereocenters. The lowest BCUT2D eigenvalue weighted by molar-refractivity contribution is 0.415. The van der Waals surface area contributed by atoms with Crippen molar-refractivity contribution in [2.24, 2.45) is 5.73 Å². The zero-order chi connectivity index (χ0) is 13.1. The zero-order valence-corrected chi connectivity index (χ0v) is 10.5. The van der Waals surface area contributed by atoms with Gasteiger partial charge in [0.15, 0.2) is 0 Å². The van der Waals surface area contributed by atoms with Crippen LogP contribution in [0.1, 0.15) is 11.1 Å². The average Bonchev–Trinajstić information content (AvgIpc) is 2.39. The lowest BCUT2D eigenvalue weighted by Gasteiger charge is -2.12. The zero-order valence-electron chi connectivity index (χ0n) is 10.5. The van der Waals surface area contributed by atoms with E-state index < -0.39 is 0 Å². The Labute approximate surface area is 106 Å². The molecule has 94 valence electrons. The minimum absolute atomic E-state index is 0.275. The second-order valence-electron chi connectivity index (χ2n) is 4.20. The van der Waals surface area contributed by atoms with E-state index in [4.69, 9.17) is 10.5 Å². The van der Waals surface area contributed by atoms with Gasteiger partial charge in [-0.1, -0.05) is 12.1 Å². The van der Waals surface area contributed by atoms with Crippen LogP contribution in [0.5, 0.6) is 5.75 Å². The van der Waals surface area contributed by atoms with E-state index in [0.29, 0.717) is 12.3 Å². The second-order valence-corrected chi connectivity index (χ2v) is 4.20. The molecule has 2 rings (SSSR count). The first-order chi connectivity index (χ1) is 8.65. The molecule has 0 amide bonds. The van der Waals surface area contributed by atoms with Crippen LogP contribution in [0.15, 0.2) is 36.4 Å². The molecule has 18 heavy (non-hydrogen) atoms. The predicted octanol–water partition coefficient (Wildman–Crippen LogP) is 3.27. The number of halogens is 1. The summed E-state index contributed by atoms with van der Waals surface area (Å²) in [5.74, 6) is 0.386. The molecule has 3 heteroatoms. The van der Waals surface area contributed by atoms with Gasteiger partial charge in [0.25, 0.3) is 0 Å². The maximum absolute atomic E-state index is 13.4. The maximum atomic E-state index is 13.4. The fourth-order valence-corrected chi connectivity index (χ4v) is 1.98. The van der Waals surface area contributed by atoms with Crippen molar-refractivity contribution in [2.75, 3.05) is 7.11 Å². The van der Waals surface area contributed by atoms with Crippen LogP contribution in [0, 0.1) is 12.7 Å². The van der Waals surface area contributed by atoms with Crippen molar-refractivity contribution in [3.05, 3.63) is 53.3 Å². The highest BCUT2D eigenvalue weighted by Gasteiger charge is 2.10. The van der Waals surface area contributed by atoms with Crippen LogP contribution >= 0.6 is 0 Å². The molecule has 0 aliphatic carbocycles. The van der Waals surface area contributed by atoms with Crippen LogP contribution < -0.4 is 10.5 Å². The molecule has 0 spiro atoms. The van der Waals surface area contributed by atoms with Gasteiger partial charge < -0.3 is 10.5 Å². The summed E-state index contributed by atoms with van der Waals surface area (Å²) in [6, 6.07) is 10.5. The van der Waals surface area contributed by atoms with Crippen LogP contribution in [-0.4, -0.2) is 7.11 Å². The van der Waals surface area contributed by atoms with E-state index in [1.807, 2.05) is 25.1 Å². The predicted molar refractivity (Wildman–Crippen MR) is 71.0 cm³/mol. The van der Waals surface area contributed by atoms with Crippen molar-refractivity contribution in [1.29, 1.82) is 0 Å². The molecule has 0 aromatic heterocycles. The van der Waals surface area contributed by atoms with Crippen molar-refractivity contribution < 1.29 is 9.13 Å². The number of aryl methyl sites for hydroxylation is 1. The van der Waals surface area contributed by atoms with Gasteiger partial charge in [-0.05, 0) is 47.9 Å². The molecule has 0 heterocycles. The van der Waals surface area contributed by atoms with Gasteiger partial charge in [0.1, 0.15) is 11.6 Å². The van der Waals surface area contributed by atoms with Crippen LogP contribution in [0.2, 0.25) is 0 Å². The van der Waals surface area contributed by atoms with Gasteiger partial charge in [0.05, 0.1) is 7.11 Å². The van der Waals surface area contributed by atoms with E-state index in [9.17, 15) is 4.39 Å². The van der Waals surface area contributed by atoms with Gasteiger partial charge in [-0.15, -0.1) is 0 Å². The van der Waals surface area contributed by atoms with E-state index in [-0.39, 0.29) is 5.82 Å². The first-order valence-electron chi connectivity index (χ1n) is 5.79. The van der Waals surface area contributed by atoms with E-state index in [2.05, 4.69) is 0 Å². The standard InChI is InChI=1S/C15H16FNO/c1-10-3-4-11(9-17)7-13(10)14-8-12(16)5-6-15(14)18-2/h3-8H,9,17H2,1-2H3. The van der Waals surface area contributed by atoms with Crippen LogP contribution in [0.3, 0.4) is 0 Å². The van der Waals surface area contributed by atoms with Crippen molar-refractivity contribution in [3.8, 4) is 16.9 Å². The Kier molecular flexibility index (Phi) is 3.63. The Bertz CT molecular complexity index is 566. The summed E-state index contributed by atoms with van der Waals surface area (Å²) >= 11 is 0. The molecule has 2 aromatic carbocycles. The quantitative estimate of drug-likeness (QED) is 0.900. The van der Waals surface area contributed by atoms with Crippen molar-refractivity contribution in [2.45, 2.75) is 13.5 Å². The summed E-state index contributed by atoms with van der Waals surface area (Å²) in [5.41, 5.74) is 9.43. The fourth-order valence-electron chi connectivity index (χ4n) is 1.98. The summed E-state index contributed by atoms with van der Waals surface area (Å²) in [7, 11) is 1.58. The van der Waals surface area contributed by atoms with Crippen LogP contribution in [0.4, 0.5) is 4.39 Å². The van der Waals surface area contributed by atoms with Gasteiger partial charge in [-0.3, -0.25) is 0 Å². The molecule has 2 aromatic rings. The van der Waals surface area contributed by atoms with Gasteiger partial charge in [0, 0.05) is 12.1 Å². The number of hydrogen-bond donors (Lipinski definition) is 1. The number of rotatable bonds is 3. The number of methoxy groups -OCH3 is 1. The molecule has 0 fully saturated rings. The SMILES string of the molecule is COc1ccc(F)cc1-c1cc(CN)ccc1C. The normalized spacial score (nSPS) is 10.4. The smallest absolute Gasteiger partial charge is 0.126 e. The largest absolute Gasteiger partial charge is 0.496 e. The number of benzene rings is 2. The molecule has 0 saturated heterocycles. The number of ether oxygens (including phenoxy) is 1. The van der Waals surface area contributed by atoms with E-state index in [1.54, 1.807) is 13.2 Å². The highest BCUT2D eigenvalue weighted by atomic mass is 19.1. The van der Waals surface area contributed by atoms with Gasteiger partial charge in [0.2, 0.25) is 0 Å². The van der Waals surface area contributed by atoms with E-state index in [0.717, 1.165) is 22.3 Å². The number of nitrogens with two attached hydrogens (primary N) is 1. The molecule has 0 bridgehead atoms. The molecule has 2 N–H and O–H groups in total. The summed E-state index contributed by atoms with van der Waals surface area (Å²) in [5, 5.41) is 0. The molecule has 0 radical (unpaired) electrons. The Morgan fingerprint density at radius 1 is 1.11 bits per heavy atom. The molecule has 0 saturated carbocycles. The fraction of sp³-hybridized carbons (Fsp3) is 0.200. The minimum Gasteiger partial charge on any atom is -0.496 e. The summed E-state index contributed by atoms with van der Waals surface area (Å²) in [6.07, 6.45) is 0. The van der Waals surface area contributed by atoms with Crippen molar-refractivity contribution >= 4 is 0 Å². The Morgan fingerprint density at radius 3 is 2.56 bits per heavy atom. The van der Waals surface area contributed by atoms with Gasteiger partial charge in [-0.25, -0.2) is 4.39 Å². The average molecular weight is 245 g/mol. The van der Waals surface area contributed by atoms with Crippen molar-refractivity contribution in [1.82, 2.24) is 0 Å². The molecule has 0 aliphatic heterocycles. The highest BCUT2D eigenvalue weighted by molar-refractivity contribution is 5.73. The maximum Gasteiger partial charge on any atom is 0.126 e. The summed E-state index contributed by atoms with van der Waals surface area (Å²) in [4.78, 5) is 0. The summed E-state index contributed by atoms with van der Waals surface area (Å²) < 4.78 is 18.7. The Balaban J connectivity index is 2.63. The van der Waals surface area contributed by atoms with E-state index >= 15 is 0 Å². The summed E-state index contributed by atoms with van der Waals surface area (Å²) in [6.45, 7) is 2.45. The van der Waals surface area contributed by atoms with Crippen LogP contribution in [0.25, 0.3) is 11.1 Å². The monoisotopic (exact) mass is 245 g/mol. The topological polar surface area (TPSA) is 35.2 Å². The Morgan fingerprint density at radius 2 is 1.89 bits per heavy atom. The first kappa shape index (κ1) is 12.6. The van der Waals surface area contributed by atoms with Gasteiger partial charge >= 0.3 is 0 Å². The first-order valence-corrected chi connectivity index (χ1v) is 5.79. The third kappa shape index (κ3) is 2.36. The lowest BCUT2D eigenvalue weighted by Crippen LogP contribution is -1.98. The van der Waals surface area contributed by atoms with Crippen LogP contribution in [-0.2, 0) is 6.54 Å². The molecule has 0 aliphatic rings. The number of hydrogen-bond acceptors (Lipinski definition) is 2. The minimum atomic E-state index is -0.275. The Hall–Kier alpha value is -1.87. The van der Waals surface area contributed by atoms with Gasteiger partial charge in [-0.2, -0.15) is 0 Å². The third-order valence-corrected chi connectivity index (χ3v) is 2.99. The second kappa shape index (κ2) is 5.19. The molecular formula is C15H16FNO. The molecular weight excluding hydrogens is 229 g/mol. The van der Waals surface area contributed by atoms with Crippen molar-refractivity contribution in [3.63, 3.8) is 0 Å².